The topological polar surface area (TPSA) is 38.8 Å². The summed E-state index contributed by atoms with van der Waals surface area (Å²) in [7, 11) is 1.59. The van der Waals surface area contributed by atoms with E-state index in [2.05, 4.69) is 6.92 Å². The molecule has 1 fully saturated rings. The number of methoxy groups -OCH3 is 1. The maximum Gasteiger partial charge on any atom is 0.254 e. The Morgan fingerprint density at radius 2 is 2.10 bits per heavy atom. The largest absolute Gasteiger partial charge is 0.493 e. The van der Waals surface area contributed by atoms with Crippen LogP contribution in [-0.4, -0.2) is 37.1 Å². The number of nitrogens with zero attached hydrogens (tertiary/aromatic N) is 1. The Balaban J connectivity index is 2.18. The van der Waals surface area contributed by atoms with Crippen molar-refractivity contribution in [3.05, 3.63) is 23.8 Å². The highest BCUT2D eigenvalue weighted by Gasteiger charge is 2.24. The van der Waals surface area contributed by atoms with E-state index in [1.807, 2.05) is 30.9 Å². The van der Waals surface area contributed by atoms with Gasteiger partial charge >= 0.3 is 0 Å². The molecule has 0 aliphatic carbocycles. The van der Waals surface area contributed by atoms with E-state index in [9.17, 15) is 4.79 Å². The molecule has 0 saturated carbocycles. The third-order valence-electron chi connectivity index (χ3n) is 3.48. The highest BCUT2D eigenvalue weighted by atomic mass is 16.5. The number of rotatable bonds is 4. The van der Waals surface area contributed by atoms with E-state index < -0.39 is 0 Å². The molecule has 1 aliphatic rings. The summed E-state index contributed by atoms with van der Waals surface area (Å²) >= 11 is 0. The van der Waals surface area contributed by atoms with Crippen LogP contribution in [0.4, 0.5) is 0 Å². The van der Waals surface area contributed by atoms with E-state index >= 15 is 0 Å². The van der Waals surface area contributed by atoms with Gasteiger partial charge in [0.25, 0.3) is 5.91 Å². The zero-order valence-electron chi connectivity index (χ0n) is 12.7. The molecule has 0 bridgehead atoms. The predicted molar refractivity (Wildman–Crippen MR) is 78.4 cm³/mol. The minimum absolute atomic E-state index is 0.0729. The number of carbonyl (C=O) groups excluding carboxylic acids is 1. The quantitative estimate of drug-likeness (QED) is 0.849. The normalized spacial score (nSPS) is 18.4. The van der Waals surface area contributed by atoms with E-state index in [4.69, 9.17) is 9.47 Å². The lowest BCUT2D eigenvalue weighted by Gasteiger charge is -2.18. The Morgan fingerprint density at radius 3 is 2.65 bits per heavy atom. The molecule has 0 N–H and O–H groups in total. The summed E-state index contributed by atoms with van der Waals surface area (Å²) in [5, 5.41) is 0. The average molecular weight is 277 g/mol. The summed E-state index contributed by atoms with van der Waals surface area (Å²) in [6.45, 7) is 7.78. The molecular formula is C16H23NO3. The Bertz CT molecular complexity index is 485. The van der Waals surface area contributed by atoms with Crippen molar-refractivity contribution in [2.45, 2.75) is 33.3 Å². The van der Waals surface area contributed by atoms with Gasteiger partial charge in [0.15, 0.2) is 11.5 Å². The lowest BCUT2D eigenvalue weighted by Crippen LogP contribution is -2.28. The van der Waals surface area contributed by atoms with E-state index in [0.29, 0.717) is 23.0 Å². The second-order valence-corrected chi connectivity index (χ2v) is 5.68. The van der Waals surface area contributed by atoms with Crippen LogP contribution in [0.2, 0.25) is 0 Å². The van der Waals surface area contributed by atoms with Crippen LogP contribution in [0.1, 0.15) is 37.6 Å². The summed E-state index contributed by atoms with van der Waals surface area (Å²) in [6, 6.07) is 5.39. The first kappa shape index (κ1) is 14.7. The SMILES string of the molecule is COc1cc(C(=O)N2CCC(C)C2)ccc1OC(C)C. The van der Waals surface area contributed by atoms with Crippen LogP contribution >= 0.6 is 0 Å². The van der Waals surface area contributed by atoms with Crippen LogP contribution in [0, 0.1) is 5.92 Å². The number of carbonyl (C=O) groups is 1. The lowest BCUT2D eigenvalue weighted by molar-refractivity contribution is 0.0787. The van der Waals surface area contributed by atoms with Crippen LogP contribution in [-0.2, 0) is 0 Å². The minimum atomic E-state index is 0.0729. The third-order valence-corrected chi connectivity index (χ3v) is 3.48. The zero-order chi connectivity index (χ0) is 14.7. The Kier molecular flexibility index (Phi) is 4.53. The number of likely N-dealkylation sites (tertiary alicyclic amines) is 1. The number of hydrogen-bond acceptors (Lipinski definition) is 3. The number of amides is 1. The van der Waals surface area contributed by atoms with Crippen molar-refractivity contribution in [2.24, 2.45) is 5.92 Å². The molecular weight excluding hydrogens is 254 g/mol. The van der Waals surface area contributed by atoms with Crippen molar-refractivity contribution >= 4 is 5.91 Å². The molecule has 20 heavy (non-hydrogen) atoms. The molecule has 0 radical (unpaired) electrons. The highest BCUT2D eigenvalue weighted by molar-refractivity contribution is 5.95. The minimum Gasteiger partial charge on any atom is -0.493 e. The van der Waals surface area contributed by atoms with E-state index in [-0.39, 0.29) is 12.0 Å². The monoisotopic (exact) mass is 277 g/mol. The molecule has 1 aromatic rings. The first-order valence-corrected chi connectivity index (χ1v) is 7.15. The van der Waals surface area contributed by atoms with Gasteiger partial charge in [-0.3, -0.25) is 4.79 Å². The molecule has 1 aliphatic heterocycles. The summed E-state index contributed by atoms with van der Waals surface area (Å²) in [4.78, 5) is 14.3. The van der Waals surface area contributed by atoms with Gasteiger partial charge in [-0.2, -0.15) is 0 Å². The van der Waals surface area contributed by atoms with Crippen LogP contribution in [0.5, 0.6) is 11.5 Å². The van der Waals surface area contributed by atoms with Crippen LogP contribution in [0.25, 0.3) is 0 Å². The first-order chi connectivity index (χ1) is 9.51. The molecule has 1 heterocycles. The van der Waals surface area contributed by atoms with Crippen LogP contribution in [0.15, 0.2) is 18.2 Å². The summed E-state index contributed by atoms with van der Waals surface area (Å²) in [5.74, 6) is 1.94. The fourth-order valence-corrected chi connectivity index (χ4v) is 2.45. The number of hydrogen-bond donors (Lipinski definition) is 0. The predicted octanol–water partition coefficient (Wildman–Crippen LogP) is 2.96. The smallest absolute Gasteiger partial charge is 0.254 e. The van der Waals surface area contributed by atoms with Gasteiger partial charge in [-0.1, -0.05) is 6.92 Å². The lowest BCUT2D eigenvalue weighted by atomic mass is 10.1. The maximum atomic E-state index is 12.4. The van der Waals surface area contributed by atoms with E-state index in [1.54, 1.807) is 13.2 Å². The maximum absolute atomic E-state index is 12.4. The van der Waals surface area contributed by atoms with Crippen molar-refractivity contribution in [1.82, 2.24) is 4.90 Å². The summed E-state index contributed by atoms with van der Waals surface area (Å²) < 4.78 is 11.0. The van der Waals surface area contributed by atoms with Crippen molar-refractivity contribution in [1.29, 1.82) is 0 Å². The van der Waals surface area contributed by atoms with E-state index in [1.165, 1.54) is 0 Å². The van der Waals surface area contributed by atoms with Crippen LogP contribution in [0.3, 0.4) is 0 Å². The zero-order valence-corrected chi connectivity index (χ0v) is 12.7. The van der Waals surface area contributed by atoms with Crippen molar-refractivity contribution in [3.63, 3.8) is 0 Å². The van der Waals surface area contributed by atoms with Gasteiger partial charge < -0.3 is 14.4 Å². The van der Waals surface area contributed by atoms with Gasteiger partial charge in [0.2, 0.25) is 0 Å². The Hall–Kier alpha value is -1.71. The van der Waals surface area contributed by atoms with Gasteiger partial charge in [-0.15, -0.1) is 0 Å². The van der Waals surface area contributed by atoms with Crippen molar-refractivity contribution < 1.29 is 14.3 Å². The fraction of sp³-hybridized carbons (Fsp3) is 0.562. The molecule has 0 spiro atoms. The van der Waals surface area contributed by atoms with Crippen molar-refractivity contribution in [2.75, 3.05) is 20.2 Å². The molecule has 1 saturated heterocycles. The average Bonchev–Trinajstić information content (AvgIpc) is 2.84. The van der Waals surface area contributed by atoms with Crippen molar-refractivity contribution in [3.8, 4) is 11.5 Å². The third kappa shape index (κ3) is 3.24. The van der Waals surface area contributed by atoms with Crippen LogP contribution < -0.4 is 9.47 Å². The molecule has 1 atom stereocenters. The second kappa shape index (κ2) is 6.16. The van der Waals surface area contributed by atoms with Gasteiger partial charge in [0.1, 0.15) is 0 Å². The number of ether oxygens (including phenoxy) is 2. The fourth-order valence-electron chi connectivity index (χ4n) is 2.45. The molecule has 0 aromatic heterocycles. The second-order valence-electron chi connectivity index (χ2n) is 5.68. The number of benzene rings is 1. The summed E-state index contributed by atoms with van der Waals surface area (Å²) in [6.07, 6.45) is 1.15. The molecule has 4 heteroatoms. The van der Waals surface area contributed by atoms with Gasteiger partial charge in [0.05, 0.1) is 13.2 Å². The molecule has 1 unspecified atom stereocenters. The highest BCUT2D eigenvalue weighted by Crippen LogP contribution is 2.30. The van der Waals surface area contributed by atoms with Gasteiger partial charge in [0, 0.05) is 18.7 Å². The Morgan fingerprint density at radius 1 is 1.35 bits per heavy atom. The first-order valence-electron chi connectivity index (χ1n) is 7.15. The van der Waals surface area contributed by atoms with Gasteiger partial charge in [-0.05, 0) is 44.4 Å². The summed E-state index contributed by atoms with van der Waals surface area (Å²) in [5.41, 5.74) is 0.659. The standard InChI is InChI=1S/C16H23NO3/c1-11(2)20-14-6-5-13(9-15(14)19-4)16(18)17-8-7-12(3)10-17/h5-6,9,11-12H,7-8,10H2,1-4H3. The molecule has 4 nitrogen and oxygen atoms in total. The molecule has 1 aromatic carbocycles. The molecule has 110 valence electrons. The Labute approximate surface area is 120 Å². The molecule has 2 rings (SSSR count). The van der Waals surface area contributed by atoms with E-state index in [0.717, 1.165) is 19.5 Å². The molecule has 1 amide bonds. The van der Waals surface area contributed by atoms with Gasteiger partial charge in [-0.25, -0.2) is 0 Å².